The number of halogens is 4. The summed E-state index contributed by atoms with van der Waals surface area (Å²) in [5, 5.41) is 14.3. The van der Waals surface area contributed by atoms with Gasteiger partial charge in [-0.05, 0) is 24.6 Å². The Morgan fingerprint density at radius 3 is 2.65 bits per heavy atom. The number of fused-ring (bicyclic) bond motifs is 1. The van der Waals surface area contributed by atoms with E-state index < -0.39 is 24.2 Å². The molecule has 0 unspecified atom stereocenters. The maximum atomic E-state index is 13.8. The lowest BCUT2D eigenvalue weighted by atomic mass is 9.97. The second-order valence-corrected chi connectivity index (χ2v) is 7.90. The molecule has 31 heavy (non-hydrogen) atoms. The first-order chi connectivity index (χ1) is 14.6. The predicted octanol–water partition coefficient (Wildman–Crippen LogP) is 4.17. The molecule has 0 spiro atoms. The second kappa shape index (κ2) is 7.92. The zero-order chi connectivity index (χ0) is 22.3. The van der Waals surface area contributed by atoms with Gasteiger partial charge in [0.05, 0.1) is 12.2 Å². The number of hydrogen-bond acceptors (Lipinski definition) is 4. The topological polar surface area (TPSA) is 76.8 Å². The molecule has 1 amide bonds. The number of hydrogen-bond donors (Lipinski definition) is 2. The summed E-state index contributed by atoms with van der Waals surface area (Å²) in [6.45, 7) is 2.06. The smallest absolute Gasteiger partial charge is 0.363 e. The minimum Gasteiger partial charge on any atom is -0.363 e. The first-order valence-corrected chi connectivity index (χ1v) is 9.95. The van der Waals surface area contributed by atoms with Gasteiger partial charge in [0.2, 0.25) is 0 Å². The summed E-state index contributed by atoms with van der Waals surface area (Å²) in [6, 6.07) is 5.52. The molecule has 1 aliphatic heterocycles. The third kappa shape index (κ3) is 4.25. The Labute approximate surface area is 181 Å². The van der Waals surface area contributed by atoms with Gasteiger partial charge in [-0.2, -0.15) is 23.4 Å². The normalized spacial score (nSPS) is 18.4. The van der Waals surface area contributed by atoms with E-state index in [2.05, 4.69) is 20.8 Å². The molecular formula is C20H20ClF3N6O. The lowest BCUT2D eigenvalue weighted by Crippen LogP contribution is -2.35. The minimum absolute atomic E-state index is 0.0879. The van der Waals surface area contributed by atoms with Crippen molar-refractivity contribution in [3.05, 3.63) is 64.1 Å². The van der Waals surface area contributed by atoms with Gasteiger partial charge in [0, 0.05) is 42.4 Å². The Morgan fingerprint density at radius 2 is 2.03 bits per heavy atom. The van der Waals surface area contributed by atoms with Crippen molar-refractivity contribution in [1.82, 2.24) is 24.9 Å². The maximum absolute atomic E-state index is 13.8. The van der Waals surface area contributed by atoms with Gasteiger partial charge in [0.1, 0.15) is 5.82 Å². The average molecular weight is 453 g/mol. The summed E-state index contributed by atoms with van der Waals surface area (Å²) in [5.41, 5.74) is 2.28. The standard InChI is InChI=1S/C20H20ClF3N6O/c1-11-13(10-26-29(11)2)9-25-19(31)16-8-18-27-15(12-3-5-14(21)6-4-12)7-17(20(22,23)24)30(18)28-16/h3-6,8,10,15,17,27H,7,9H2,1-2H3,(H,25,31)/t15-,17+/m0/s1. The number of benzene rings is 1. The zero-order valence-electron chi connectivity index (χ0n) is 16.7. The van der Waals surface area contributed by atoms with E-state index in [1.807, 2.05) is 6.92 Å². The van der Waals surface area contributed by atoms with E-state index in [1.165, 1.54) is 6.07 Å². The van der Waals surface area contributed by atoms with Crippen molar-refractivity contribution in [2.45, 2.75) is 38.1 Å². The van der Waals surface area contributed by atoms with Crippen LogP contribution in [-0.4, -0.2) is 31.6 Å². The van der Waals surface area contributed by atoms with Crippen molar-refractivity contribution in [2.75, 3.05) is 5.32 Å². The highest BCUT2D eigenvalue weighted by molar-refractivity contribution is 6.30. The monoisotopic (exact) mass is 452 g/mol. The number of nitrogens with zero attached hydrogens (tertiary/aromatic N) is 4. The number of alkyl halides is 3. The van der Waals surface area contributed by atoms with Crippen LogP contribution in [-0.2, 0) is 13.6 Å². The number of nitrogens with one attached hydrogen (secondary N) is 2. The molecule has 0 bridgehead atoms. The molecule has 3 heterocycles. The largest absolute Gasteiger partial charge is 0.410 e. The lowest BCUT2D eigenvalue weighted by Gasteiger charge is -2.33. The minimum atomic E-state index is -4.52. The van der Waals surface area contributed by atoms with Crippen LogP contribution >= 0.6 is 11.6 Å². The van der Waals surface area contributed by atoms with Gasteiger partial charge in [-0.15, -0.1) is 0 Å². The molecule has 0 fully saturated rings. The molecule has 0 saturated heterocycles. The molecule has 2 N–H and O–H groups in total. The summed E-state index contributed by atoms with van der Waals surface area (Å²) >= 11 is 5.89. The fourth-order valence-corrected chi connectivity index (χ4v) is 3.71. The third-order valence-electron chi connectivity index (χ3n) is 5.47. The molecule has 0 saturated carbocycles. The van der Waals surface area contributed by atoms with Gasteiger partial charge in [-0.3, -0.25) is 9.48 Å². The van der Waals surface area contributed by atoms with Gasteiger partial charge >= 0.3 is 6.18 Å². The number of aryl methyl sites for hydroxylation is 1. The molecule has 1 aliphatic rings. The fourth-order valence-electron chi connectivity index (χ4n) is 3.58. The van der Waals surface area contributed by atoms with E-state index in [0.717, 1.165) is 15.9 Å². The molecule has 11 heteroatoms. The molecule has 1 aromatic carbocycles. The Morgan fingerprint density at radius 1 is 1.32 bits per heavy atom. The van der Waals surface area contributed by atoms with E-state index in [4.69, 9.17) is 11.6 Å². The van der Waals surface area contributed by atoms with E-state index in [9.17, 15) is 18.0 Å². The van der Waals surface area contributed by atoms with E-state index in [0.29, 0.717) is 10.6 Å². The number of amides is 1. The molecule has 3 aromatic rings. The van der Waals surface area contributed by atoms with E-state index in [1.54, 1.807) is 42.2 Å². The zero-order valence-corrected chi connectivity index (χ0v) is 17.5. The van der Waals surface area contributed by atoms with Crippen LogP contribution in [0.25, 0.3) is 0 Å². The highest BCUT2D eigenvalue weighted by Gasteiger charge is 2.46. The number of carbonyl (C=O) groups is 1. The van der Waals surface area contributed by atoms with Crippen molar-refractivity contribution in [2.24, 2.45) is 7.05 Å². The summed E-state index contributed by atoms with van der Waals surface area (Å²) in [5.74, 6) is -0.424. The summed E-state index contributed by atoms with van der Waals surface area (Å²) in [7, 11) is 1.78. The van der Waals surface area contributed by atoms with Crippen LogP contribution in [0.15, 0.2) is 36.5 Å². The average Bonchev–Trinajstić information content (AvgIpc) is 3.29. The van der Waals surface area contributed by atoms with Crippen molar-refractivity contribution in [3.8, 4) is 0 Å². The van der Waals surface area contributed by atoms with Crippen LogP contribution in [0.2, 0.25) is 5.02 Å². The van der Waals surface area contributed by atoms with Crippen LogP contribution in [0, 0.1) is 6.92 Å². The van der Waals surface area contributed by atoms with Crippen LogP contribution < -0.4 is 10.6 Å². The maximum Gasteiger partial charge on any atom is 0.410 e. The van der Waals surface area contributed by atoms with Gasteiger partial charge in [0.25, 0.3) is 5.91 Å². The molecular weight excluding hydrogens is 433 g/mol. The Bertz CT molecular complexity index is 1110. The Kier molecular flexibility index (Phi) is 5.42. The number of rotatable bonds is 4. The molecule has 0 radical (unpaired) electrons. The van der Waals surface area contributed by atoms with Crippen LogP contribution in [0.1, 0.15) is 45.8 Å². The fraction of sp³-hybridized carbons (Fsp3) is 0.350. The molecule has 164 valence electrons. The van der Waals surface area contributed by atoms with Crippen molar-refractivity contribution >= 4 is 23.3 Å². The van der Waals surface area contributed by atoms with Crippen LogP contribution in [0.4, 0.5) is 19.0 Å². The van der Waals surface area contributed by atoms with Crippen molar-refractivity contribution in [1.29, 1.82) is 0 Å². The van der Waals surface area contributed by atoms with Crippen LogP contribution in [0.5, 0.6) is 0 Å². The predicted molar refractivity (Wildman–Crippen MR) is 109 cm³/mol. The lowest BCUT2D eigenvalue weighted by molar-refractivity contribution is -0.173. The Balaban J connectivity index is 1.58. The second-order valence-electron chi connectivity index (χ2n) is 7.46. The summed E-state index contributed by atoms with van der Waals surface area (Å²) in [4.78, 5) is 12.6. The number of anilines is 1. The van der Waals surface area contributed by atoms with Gasteiger partial charge in [0.15, 0.2) is 11.7 Å². The van der Waals surface area contributed by atoms with Gasteiger partial charge in [-0.25, -0.2) is 4.68 Å². The molecule has 2 aromatic heterocycles. The highest BCUT2D eigenvalue weighted by atomic mass is 35.5. The highest BCUT2D eigenvalue weighted by Crippen LogP contribution is 2.43. The van der Waals surface area contributed by atoms with Crippen molar-refractivity contribution < 1.29 is 18.0 Å². The van der Waals surface area contributed by atoms with E-state index in [-0.39, 0.29) is 24.5 Å². The molecule has 7 nitrogen and oxygen atoms in total. The number of carbonyl (C=O) groups excluding carboxylic acids is 1. The summed E-state index contributed by atoms with van der Waals surface area (Å²) < 4.78 is 43.9. The SMILES string of the molecule is Cc1c(CNC(=O)c2cc3n(n2)[C@@H](C(F)(F)F)C[C@@H](c2ccc(Cl)cc2)N3)cnn1C. The molecule has 2 atom stereocenters. The van der Waals surface area contributed by atoms with E-state index >= 15 is 0 Å². The molecule has 0 aliphatic carbocycles. The Hall–Kier alpha value is -3.01. The first kappa shape index (κ1) is 21.2. The van der Waals surface area contributed by atoms with Gasteiger partial charge in [-0.1, -0.05) is 23.7 Å². The molecule has 4 rings (SSSR count). The van der Waals surface area contributed by atoms with Gasteiger partial charge < -0.3 is 10.6 Å². The number of aromatic nitrogens is 4. The summed E-state index contributed by atoms with van der Waals surface area (Å²) in [6.07, 6.45) is -3.14. The van der Waals surface area contributed by atoms with Crippen LogP contribution in [0.3, 0.4) is 0 Å². The van der Waals surface area contributed by atoms with Crippen molar-refractivity contribution in [3.63, 3.8) is 0 Å². The third-order valence-corrected chi connectivity index (χ3v) is 5.72. The first-order valence-electron chi connectivity index (χ1n) is 9.57. The quantitative estimate of drug-likeness (QED) is 0.623.